The maximum atomic E-state index is 14.8. The predicted molar refractivity (Wildman–Crippen MR) is 135 cm³/mol. The Labute approximate surface area is 204 Å². The highest BCUT2D eigenvalue weighted by molar-refractivity contribution is 6.30. The van der Waals surface area contributed by atoms with E-state index in [0.29, 0.717) is 23.8 Å². The van der Waals surface area contributed by atoms with Crippen molar-refractivity contribution in [1.29, 1.82) is 0 Å². The van der Waals surface area contributed by atoms with Crippen LogP contribution in [-0.2, 0) is 12.8 Å². The van der Waals surface area contributed by atoms with Crippen molar-refractivity contribution in [2.45, 2.75) is 96.3 Å². The number of rotatable bonds is 8. The molecule has 0 aromatic heterocycles. The summed E-state index contributed by atoms with van der Waals surface area (Å²) in [5.74, 6) is 2.25. The van der Waals surface area contributed by atoms with Crippen molar-refractivity contribution in [2.75, 3.05) is 0 Å². The molecule has 2 fully saturated rings. The van der Waals surface area contributed by atoms with Gasteiger partial charge in [0.15, 0.2) is 0 Å². The van der Waals surface area contributed by atoms with Crippen LogP contribution in [-0.4, -0.2) is 0 Å². The maximum absolute atomic E-state index is 14.8. The van der Waals surface area contributed by atoms with Gasteiger partial charge >= 0.3 is 0 Å². The predicted octanol–water partition coefficient (Wildman–Crippen LogP) is 9.67. The van der Waals surface area contributed by atoms with E-state index in [4.69, 9.17) is 11.6 Å². The summed E-state index contributed by atoms with van der Waals surface area (Å²) in [6.45, 7) is 2.33. The van der Waals surface area contributed by atoms with Gasteiger partial charge in [-0.2, -0.15) is 0 Å². The Kier molecular flexibility index (Phi) is 8.85. The van der Waals surface area contributed by atoms with E-state index in [1.807, 2.05) is 24.3 Å². The Morgan fingerprint density at radius 1 is 0.727 bits per heavy atom. The normalized spacial score (nSPS) is 25.8. The van der Waals surface area contributed by atoms with E-state index < -0.39 is 0 Å². The zero-order valence-electron chi connectivity index (χ0n) is 20.1. The first kappa shape index (κ1) is 24.7. The second-order valence-electron chi connectivity index (χ2n) is 10.7. The minimum absolute atomic E-state index is 0.209. The molecule has 0 atom stereocenters. The molecule has 33 heavy (non-hydrogen) atoms. The summed E-state index contributed by atoms with van der Waals surface area (Å²) in [6.07, 6.45) is 15.3. The Balaban J connectivity index is 1.25. The molecule has 0 N–H and O–H groups in total. The molecule has 0 radical (unpaired) electrons. The van der Waals surface area contributed by atoms with Crippen molar-refractivity contribution >= 4 is 11.6 Å². The molecule has 0 nitrogen and oxygen atoms in total. The van der Waals surface area contributed by atoms with Crippen LogP contribution in [0.1, 0.15) is 100 Å². The number of benzene rings is 2. The molecule has 0 amide bonds. The summed E-state index contributed by atoms with van der Waals surface area (Å²) in [7, 11) is 0. The van der Waals surface area contributed by atoms with E-state index in [0.717, 1.165) is 41.7 Å². The molecule has 2 saturated carbocycles. The second-order valence-corrected chi connectivity index (χ2v) is 11.1. The second kappa shape index (κ2) is 11.8. The van der Waals surface area contributed by atoms with Gasteiger partial charge in [-0.1, -0.05) is 75.6 Å². The summed E-state index contributed by atoms with van der Waals surface area (Å²) >= 11 is 5.92. The lowest BCUT2D eigenvalue weighted by Crippen LogP contribution is -2.17. The van der Waals surface area contributed by atoms with Crippen LogP contribution in [0.25, 0.3) is 0 Å². The van der Waals surface area contributed by atoms with Crippen LogP contribution >= 0.6 is 11.6 Å². The van der Waals surface area contributed by atoms with Gasteiger partial charge in [-0.15, -0.1) is 0 Å². The van der Waals surface area contributed by atoms with Crippen LogP contribution in [0.5, 0.6) is 0 Å². The average Bonchev–Trinajstić information content (AvgIpc) is 2.84. The number of halogens is 3. The lowest BCUT2D eigenvalue weighted by molar-refractivity contribution is 0.227. The molecule has 0 spiro atoms. The minimum Gasteiger partial charge on any atom is -0.207 e. The van der Waals surface area contributed by atoms with Gasteiger partial charge in [0.1, 0.15) is 11.6 Å². The van der Waals surface area contributed by atoms with Crippen LogP contribution in [0.15, 0.2) is 36.4 Å². The summed E-state index contributed by atoms with van der Waals surface area (Å²) in [4.78, 5) is 0. The molecule has 0 bridgehead atoms. The van der Waals surface area contributed by atoms with Gasteiger partial charge in [0.05, 0.1) is 0 Å². The highest BCUT2D eigenvalue weighted by Gasteiger charge is 2.26. The van der Waals surface area contributed by atoms with Gasteiger partial charge in [0.25, 0.3) is 0 Å². The smallest absolute Gasteiger partial charge is 0.129 e. The van der Waals surface area contributed by atoms with Crippen molar-refractivity contribution in [3.8, 4) is 0 Å². The Morgan fingerprint density at radius 2 is 1.24 bits per heavy atom. The molecular weight excluding hydrogens is 434 g/mol. The molecule has 3 heteroatoms. The van der Waals surface area contributed by atoms with Gasteiger partial charge < -0.3 is 0 Å². The lowest BCUT2D eigenvalue weighted by atomic mass is 9.74. The molecule has 0 unspecified atom stereocenters. The third-order valence-electron chi connectivity index (χ3n) is 8.59. The van der Waals surface area contributed by atoms with Crippen molar-refractivity contribution in [3.05, 3.63) is 69.7 Å². The quantitative estimate of drug-likeness (QED) is 0.358. The Morgan fingerprint density at radius 3 is 1.79 bits per heavy atom. The fourth-order valence-electron chi connectivity index (χ4n) is 6.20. The van der Waals surface area contributed by atoms with E-state index in [-0.39, 0.29) is 17.2 Å². The third kappa shape index (κ3) is 6.81. The number of hydrogen-bond donors (Lipinski definition) is 0. The monoisotopic (exact) mass is 472 g/mol. The molecule has 2 aromatic rings. The summed E-state index contributed by atoms with van der Waals surface area (Å²) in [5.41, 5.74) is 2.11. The van der Waals surface area contributed by atoms with Gasteiger partial charge in [-0.05, 0) is 97.6 Å². The Hall–Kier alpha value is -1.41. The molecule has 2 aliphatic carbocycles. The van der Waals surface area contributed by atoms with Crippen molar-refractivity contribution in [3.63, 3.8) is 0 Å². The minimum atomic E-state index is -0.385. The van der Waals surface area contributed by atoms with Crippen molar-refractivity contribution in [2.24, 2.45) is 17.8 Å². The lowest BCUT2D eigenvalue weighted by Gasteiger charge is -2.32. The van der Waals surface area contributed by atoms with E-state index >= 15 is 0 Å². The molecule has 0 heterocycles. The van der Waals surface area contributed by atoms with Crippen LogP contribution in [0.2, 0.25) is 5.02 Å². The maximum Gasteiger partial charge on any atom is 0.129 e. The zero-order valence-corrected chi connectivity index (χ0v) is 20.9. The average molecular weight is 473 g/mol. The van der Waals surface area contributed by atoms with Crippen molar-refractivity contribution < 1.29 is 8.78 Å². The fraction of sp³-hybridized carbons (Fsp3) is 0.600. The summed E-state index contributed by atoms with van der Waals surface area (Å²) < 4.78 is 29.7. The molecule has 4 rings (SSSR count). The molecule has 0 saturated heterocycles. The molecule has 0 aliphatic heterocycles. The topological polar surface area (TPSA) is 0 Å². The van der Waals surface area contributed by atoms with Crippen LogP contribution in [0, 0.1) is 29.4 Å². The first-order chi connectivity index (χ1) is 16.0. The standard InChI is InChI=1S/C30H39ClF2/c1-2-21-3-5-22(6-4-21)7-8-23-9-14-25(15-10-23)26-19-29(32)28(30(33)20-26)18-13-24-11-16-27(31)17-12-24/h11-12,16-17,19-23,25H,2-10,13-15,18H2,1H3. The van der Waals surface area contributed by atoms with Crippen LogP contribution in [0.3, 0.4) is 0 Å². The molecular formula is C30H39ClF2. The highest BCUT2D eigenvalue weighted by atomic mass is 35.5. The van der Waals surface area contributed by atoms with Crippen LogP contribution in [0.4, 0.5) is 8.78 Å². The van der Waals surface area contributed by atoms with E-state index in [9.17, 15) is 8.78 Å². The molecule has 2 aliphatic rings. The SMILES string of the molecule is CCC1CCC(CCC2CCC(c3cc(F)c(CCc4ccc(Cl)cc4)c(F)c3)CC2)CC1. The number of hydrogen-bond acceptors (Lipinski definition) is 0. The first-order valence-corrected chi connectivity index (χ1v) is 13.6. The molecule has 180 valence electrons. The van der Waals surface area contributed by atoms with E-state index in [2.05, 4.69) is 6.92 Å². The first-order valence-electron chi connectivity index (χ1n) is 13.2. The third-order valence-corrected chi connectivity index (χ3v) is 8.84. The largest absolute Gasteiger partial charge is 0.207 e. The summed E-state index contributed by atoms with van der Waals surface area (Å²) in [6, 6.07) is 10.7. The van der Waals surface area contributed by atoms with Gasteiger partial charge in [0.2, 0.25) is 0 Å². The molecule has 2 aromatic carbocycles. The van der Waals surface area contributed by atoms with E-state index in [1.165, 1.54) is 57.8 Å². The fourth-order valence-corrected chi connectivity index (χ4v) is 6.33. The van der Waals surface area contributed by atoms with Crippen molar-refractivity contribution in [1.82, 2.24) is 0 Å². The van der Waals surface area contributed by atoms with Gasteiger partial charge in [-0.25, -0.2) is 8.78 Å². The van der Waals surface area contributed by atoms with Gasteiger partial charge in [-0.3, -0.25) is 0 Å². The number of aryl methyl sites for hydroxylation is 1. The van der Waals surface area contributed by atoms with Crippen LogP contribution < -0.4 is 0 Å². The zero-order chi connectivity index (χ0) is 23.2. The van der Waals surface area contributed by atoms with E-state index in [1.54, 1.807) is 12.1 Å². The Bertz CT molecular complexity index is 852. The van der Waals surface area contributed by atoms with Gasteiger partial charge in [0, 0.05) is 10.6 Å². The highest BCUT2D eigenvalue weighted by Crippen LogP contribution is 2.40. The summed E-state index contributed by atoms with van der Waals surface area (Å²) in [5, 5.41) is 0.675.